The molecule has 0 aromatic heterocycles. The second kappa shape index (κ2) is 11.9. The van der Waals surface area contributed by atoms with Gasteiger partial charge < -0.3 is 14.9 Å². The number of carboxylic acids is 1. The lowest BCUT2D eigenvalue weighted by atomic mass is 9.99. The summed E-state index contributed by atoms with van der Waals surface area (Å²) in [7, 11) is 0. The second-order valence-corrected chi connectivity index (χ2v) is 9.35. The van der Waals surface area contributed by atoms with Gasteiger partial charge >= 0.3 is 5.97 Å². The smallest absolute Gasteiger partial charge is 0.303 e. The van der Waals surface area contributed by atoms with Crippen LogP contribution in [-0.2, 0) is 22.4 Å². The van der Waals surface area contributed by atoms with E-state index in [0.717, 1.165) is 42.0 Å². The van der Waals surface area contributed by atoms with Gasteiger partial charge in [0.05, 0.1) is 18.8 Å². The molecular weight excluding hydrogens is 445 g/mol. The summed E-state index contributed by atoms with van der Waals surface area (Å²) >= 11 is 6.27. The number of halogens is 2. The highest BCUT2D eigenvalue weighted by Crippen LogP contribution is 2.26. The van der Waals surface area contributed by atoms with Crippen LogP contribution in [0.1, 0.15) is 54.5 Å². The predicted molar refractivity (Wildman–Crippen MR) is 127 cm³/mol. The Morgan fingerprint density at radius 1 is 1.30 bits per heavy atom. The van der Waals surface area contributed by atoms with Crippen LogP contribution in [0.15, 0.2) is 36.4 Å². The van der Waals surface area contributed by atoms with E-state index in [1.54, 1.807) is 13.0 Å². The predicted octanol–water partition coefficient (Wildman–Crippen LogP) is 4.95. The lowest BCUT2D eigenvalue weighted by molar-refractivity contribution is -0.136. The van der Waals surface area contributed by atoms with Gasteiger partial charge in [0.1, 0.15) is 5.82 Å². The van der Waals surface area contributed by atoms with Crippen molar-refractivity contribution in [2.45, 2.75) is 64.2 Å². The maximum absolute atomic E-state index is 13.8. The van der Waals surface area contributed by atoms with Crippen molar-refractivity contribution in [1.82, 2.24) is 4.90 Å². The highest BCUT2D eigenvalue weighted by molar-refractivity contribution is 6.31. The van der Waals surface area contributed by atoms with Crippen LogP contribution in [-0.4, -0.2) is 52.9 Å². The van der Waals surface area contributed by atoms with Crippen molar-refractivity contribution >= 4 is 17.6 Å². The third kappa shape index (κ3) is 7.51. The molecule has 2 aromatic carbocycles. The molecule has 1 heterocycles. The van der Waals surface area contributed by atoms with Crippen LogP contribution in [0.3, 0.4) is 0 Å². The number of nitrogens with zero attached hydrogens (tertiary/aromatic N) is 1. The van der Waals surface area contributed by atoms with Crippen LogP contribution in [0, 0.1) is 12.7 Å². The number of aliphatic carboxylic acids is 1. The van der Waals surface area contributed by atoms with Gasteiger partial charge in [-0.25, -0.2) is 4.39 Å². The lowest BCUT2D eigenvalue weighted by Crippen LogP contribution is -2.39. The van der Waals surface area contributed by atoms with E-state index in [1.807, 2.05) is 19.1 Å². The molecule has 0 spiro atoms. The summed E-state index contributed by atoms with van der Waals surface area (Å²) in [6.07, 6.45) is 2.20. The van der Waals surface area contributed by atoms with E-state index in [-0.39, 0.29) is 13.0 Å². The number of likely N-dealkylation sites (tertiary alicyclic amines) is 1. The Labute approximate surface area is 200 Å². The van der Waals surface area contributed by atoms with Crippen LogP contribution in [0.5, 0.6) is 0 Å². The first-order chi connectivity index (χ1) is 15.7. The Bertz CT molecular complexity index is 954. The molecule has 0 amide bonds. The van der Waals surface area contributed by atoms with Gasteiger partial charge in [-0.1, -0.05) is 29.8 Å². The molecule has 0 saturated carbocycles. The Kier molecular flexibility index (Phi) is 9.27. The van der Waals surface area contributed by atoms with Crippen molar-refractivity contribution in [3.8, 4) is 0 Å². The largest absolute Gasteiger partial charge is 0.481 e. The molecule has 3 rings (SSSR count). The van der Waals surface area contributed by atoms with Crippen molar-refractivity contribution in [1.29, 1.82) is 0 Å². The third-order valence-electron chi connectivity index (χ3n) is 6.34. The Morgan fingerprint density at radius 3 is 2.82 bits per heavy atom. The highest BCUT2D eigenvalue weighted by atomic mass is 35.5. The number of aliphatic hydroxyl groups is 1. The van der Waals surface area contributed by atoms with E-state index in [9.17, 15) is 14.3 Å². The monoisotopic (exact) mass is 477 g/mol. The van der Waals surface area contributed by atoms with Crippen molar-refractivity contribution in [2.75, 3.05) is 19.7 Å². The van der Waals surface area contributed by atoms with E-state index in [4.69, 9.17) is 21.4 Å². The highest BCUT2D eigenvalue weighted by Gasteiger charge is 2.27. The van der Waals surface area contributed by atoms with Crippen LogP contribution in [0.4, 0.5) is 4.39 Å². The minimum absolute atomic E-state index is 0.0312. The standard InChI is InChI=1S/C26H33ClFNO4/c1-17-5-6-19(13-25(17)27)12-22-4-3-11-29(22)15-23(30)16-33-18(2)24-14-21(28)9-7-20(24)8-10-26(31)32/h5-7,9,13-14,18,22-23,30H,3-4,8,10-12,15-16H2,1-2H3,(H,31,32)/t18?,22-,23+/m0/s1. The van der Waals surface area contributed by atoms with Crippen molar-refractivity contribution < 1.29 is 24.1 Å². The van der Waals surface area contributed by atoms with Gasteiger partial charge in [0.2, 0.25) is 0 Å². The molecule has 2 aromatic rings. The number of ether oxygens (including phenoxy) is 1. The fourth-order valence-electron chi connectivity index (χ4n) is 4.48. The molecule has 33 heavy (non-hydrogen) atoms. The van der Waals surface area contributed by atoms with Gasteiger partial charge in [-0.3, -0.25) is 9.69 Å². The molecule has 7 heteroatoms. The molecule has 0 bridgehead atoms. The fourth-order valence-corrected chi connectivity index (χ4v) is 4.69. The first-order valence-corrected chi connectivity index (χ1v) is 11.9. The van der Waals surface area contributed by atoms with Crippen molar-refractivity contribution in [3.05, 3.63) is 69.5 Å². The van der Waals surface area contributed by atoms with E-state index >= 15 is 0 Å². The number of aryl methyl sites for hydroxylation is 2. The Hall–Kier alpha value is -1.99. The summed E-state index contributed by atoms with van der Waals surface area (Å²) in [4.78, 5) is 13.2. The second-order valence-electron chi connectivity index (χ2n) is 8.94. The molecule has 0 radical (unpaired) electrons. The minimum atomic E-state index is -0.901. The average molecular weight is 478 g/mol. The van der Waals surface area contributed by atoms with Gasteiger partial charge in [-0.2, -0.15) is 0 Å². The molecule has 1 aliphatic rings. The molecule has 1 aliphatic heterocycles. The summed E-state index contributed by atoms with van der Waals surface area (Å²) < 4.78 is 19.7. The molecule has 0 aliphatic carbocycles. The molecule has 5 nitrogen and oxygen atoms in total. The lowest BCUT2D eigenvalue weighted by Gasteiger charge is -2.28. The SMILES string of the molecule is Cc1ccc(C[C@@H]2CCCN2C[C@@H](O)COC(C)c2cc(F)ccc2CCC(=O)O)cc1Cl. The van der Waals surface area contributed by atoms with Crippen LogP contribution in [0.25, 0.3) is 0 Å². The Morgan fingerprint density at radius 2 is 2.09 bits per heavy atom. The number of hydrogen-bond donors (Lipinski definition) is 2. The number of aliphatic hydroxyl groups excluding tert-OH is 1. The van der Waals surface area contributed by atoms with Crippen molar-refractivity contribution in [2.24, 2.45) is 0 Å². The van der Waals surface area contributed by atoms with E-state index in [0.29, 0.717) is 24.6 Å². The topological polar surface area (TPSA) is 70.0 Å². The quantitative estimate of drug-likeness (QED) is 0.479. The van der Waals surface area contributed by atoms with E-state index < -0.39 is 24.0 Å². The van der Waals surface area contributed by atoms with Gasteiger partial charge in [-0.15, -0.1) is 0 Å². The minimum Gasteiger partial charge on any atom is -0.481 e. The van der Waals surface area contributed by atoms with Gasteiger partial charge in [-0.05, 0) is 86.5 Å². The number of rotatable bonds is 11. The maximum Gasteiger partial charge on any atom is 0.303 e. The molecular formula is C26H33ClFNO4. The van der Waals surface area contributed by atoms with E-state index in [1.165, 1.54) is 17.7 Å². The number of hydrogen-bond acceptors (Lipinski definition) is 4. The zero-order valence-corrected chi connectivity index (χ0v) is 20.0. The zero-order valence-electron chi connectivity index (χ0n) is 19.3. The first kappa shape index (κ1) is 25.6. The van der Waals surface area contributed by atoms with Gasteiger partial charge in [0.25, 0.3) is 0 Å². The normalized spacial score (nSPS) is 18.4. The number of carbonyl (C=O) groups is 1. The summed E-state index contributed by atoms with van der Waals surface area (Å²) in [5.74, 6) is -1.29. The van der Waals surface area contributed by atoms with Crippen LogP contribution < -0.4 is 0 Å². The number of benzene rings is 2. The number of carboxylic acid groups (broad SMARTS) is 1. The summed E-state index contributed by atoms with van der Waals surface area (Å²) in [5, 5.41) is 20.4. The van der Waals surface area contributed by atoms with Crippen LogP contribution >= 0.6 is 11.6 Å². The number of β-amino-alcohol motifs (C(OH)–C–C–N with tert-alkyl or cyclic N) is 1. The maximum atomic E-state index is 13.8. The first-order valence-electron chi connectivity index (χ1n) is 11.5. The Balaban J connectivity index is 1.54. The molecule has 1 unspecified atom stereocenters. The van der Waals surface area contributed by atoms with Crippen LogP contribution in [0.2, 0.25) is 5.02 Å². The van der Waals surface area contributed by atoms with E-state index in [2.05, 4.69) is 11.0 Å². The van der Waals surface area contributed by atoms with Gasteiger partial charge in [0, 0.05) is 24.0 Å². The molecule has 3 atom stereocenters. The molecule has 1 saturated heterocycles. The summed E-state index contributed by atoms with van der Waals surface area (Å²) in [6, 6.07) is 10.8. The molecule has 180 valence electrons. The van der Waals surface area contributed by atoms with Crippen molar-refractivity contribution in [3.63, 3.8) is 0 Å². The molecule has 2 N–H and O–H groups in total. The zero-order chi connectivity index (χ0) is 24.0. The molecule has 1 fully saturated rings. The average Bonchev–Trinajstić information content (AvgIpc) is 3.19. The summed E-state index contributed by atoms with van der Waals surface area (Å²) in [5.41, 5.74) is 3.63. The van der Waals surface area contributed by atoms with Gasteiger partial charge in [0.15, 0.2) is 0 Å². The summed E-state index contributed by atoms with van der Waals surface area (Å²) in [6.45, 7) is 5.34. The third-order valence-corrected chi connectivity index (χ3v) is 6.75. The fraction of sp³-hybridized carbons (Fsp3) is 0.500.